The van der Waals surface area contributed by atoms with Gasteiger partial charge in [0.2, 0.25) is 5.56 Å². The highest BCUT2D eigenvalue weighted by Gasteiger charge is 2.24. The minimum Gasteiger partial charge on any atom is -0.481 e. The molecule has 0 fully saturated rings. The van der Waals surface area contributed by atoms with Crippen LogP contribution in [-0.4, -0.2) is 28.1 Å². The number of aromatic nitrogens is 1. The third-order valence-corrected chi connectivity index (χ3v) is 5.84. The molecular formula is C26H27N3O5. The summed E-state index contributed by atoms with van der Waals surface area (Å²) in [4.78, 5) is 46.6. The lowest BCUT2D eigenvalue weighted by atomic mass is 9.82. The number of hydrogen-bond donors (Lipinski definition) is 2. The first-order chi connectivity index (χ1) is 16.3. The van der Waals surface area contributed by atoms with E-state index in [1.807, 2.05) is 43.3 Å². The maximum absolute atomic E-state index is 12.3. The fourth-order valence-electron chi connectivity index (χ4n) is 3.95. The standard InChI is InChI=1S/C26H27N3O5/c1-17-5-3-4-6-21(17)22(15-23(28-34)20-11-12-24(30)29(2)16-20)18-7-9-19(10-8-18)26(33)27-14-13-25(31)32/h3-12,16,22-23H,13-15H2,1-2H3,(H,27,33)(H,31,32). The van der Waals surface area contributed by atoms with Crippen LogP contribution in [0, 0.1) is 11.8 Å². The largest absolute Gasteiger partial charge is 0.481 e. The predicted octanol–water partition coefficient (Wildman–Crippen LogP) is 3.93. The van der Waals surface area contributed by atoms with Crippen LogP contribution in [0.4, 0.5) is 0 Å². The normalized spacial score (nSPS) is 12.5. The molecule has 2 N–H and O–H groups in total. The molecule has 0 aliphatic heterocycles. The van der Waals surface area contributed by atoms with Crippen molar-refractivity contribution in [2.24, 2.45) is 12.2 Å². The molecule has 0 aliphatic carbocycles. The Bertz CT molecular complexity index is 1230. The zero-order valence-electron chi connectivity index (χ0n) is 19.1. The topological polar surface area (TPSA) is 118 Å². The quantitative estimate of drug-likeness (QED) is 0.444. The SMILES string of the molecule is Cc1ccccc1C(CC(N=O)c1ccc(=O)n(C)c1)c1ccc(C(=O)NCCC(=O)O)cc1. The zero-order chi connectivity index (χ0) is 24.7. The van der Waals surface area contributed by atoms with Crippen LogP contribution < -0.4 is 10.9 Å². The van der Waals surface area contributed by atoms with E-state index < -0.39 is 12.0 Å². The van der Waals surface area contributed by atoms with Gasteiger partial charge in [0, 0.05) is 37.3 Å². The number of carboxylic acids is 1. The van der Waals surface area contributed by atoms with Crippen LogP contribution in [0.1, 0.15) is 57.4 Å². The van der Waals surface area contributed by atoms with Crippen molar-refractivity contribution in [3.05, 3.63) is 110 Å². The summed E-state index contributed by atoms with van der Waals surface area (Å²) < 4.78 is 1.42. The van der Waals surface area contributed by atoms with Crippen LogP contribution in [0.15, 0.2) is 76.8 Å². The van der Waals surface area contributed by atoms with E-state index in [-0.39, 0.29) is 30.3 Å². The molecule has 2 unspecified atom stereocenters. The maximum Gasteiger partial charge on any atom is 0.305 e. The van der Waals surface area contributed by atoms with E-state index in [9.17, 15) is 19.3 Å². The summed E-state index contributed by atoms with van der Waals surface area (Å²) in [6, 6.07) is 17.3. The third kappa shape index (κ3) is 6.04. The number of benzene rings is 2. The van der Waals surface area contributed by atoms with Crippen LogP contribution in [0.3, 0.4) is 0 Å². The number of carbonyl (C=O) groups is 2. The molecule has 0 radical (unpaired) electrons. The van der Waals surface area contributed by atoms with E-state index in [4.69, 9.17) is 5.11 Å². The number of rotatable bonds is 10. The summed E-state index contributed by atoms with van der Waals surface area (Å²) >= 11 is 0. The van der Waals surface area contributed by atoms with Crippen molar-refractivity contribution < 1.29 is 14.7 Å². The molecule has 0 saturated heterocycles. The van der Waals surface area contributed by atoms with E-state index in [0.717, 1.165) is 16.7 Å². The summed E-state index contributed by atoms with van der Waals surface area (Å²) in [5.41, 5.74) is 3.93. The Morgan fingerprint density at radius 3 is 2.32 bits per heavy atom. The van der Waals surface area contributed by atoms with Crippen molar-refractivity contribution in [2.75, 3.05) is 6.54 Å². The number of nitrogens with one attached hydrogen (secondary N) is 1. The van der Waals surface area contributed by atoms with E-state index in [1.54, 1.807) is 31.4 Å². The predicted molar refractivity (Wildman–Crippen MR) is 129 cm³/mol. The van der Waals surface area contributed by atoms with E-state index in [2.05, 4.69) is 10.5 Å². The van der Waals surface area contributed by atoms with Gasteiger partial charge in [0.25, 0.3) is 5.91 Å². The van der Waals surface area contributed by atoms with E-state index in [0.29, 0.717) is 17.5 Å². The molecule has 0 aliphatic rings. The Balaban J connectivity index is 1.90. The molecule has 1 amide bonds. The highest BCUT2D eigenvalue weighted by atomic mass is 16.4. The average molecular weight is 462 g/mol. The second-order valence-electron chi connectivity index (χ2n) is 8.20. The van der Waals surface area contributed by atoms with E-state index in [1.165, 1.54) is 10.6 Å². The molecule has 34 heavy (non-hydrogen) atoms. The molecule has 3 rings (SSSR count). The van der Waals surface area contributed by atoms with Gasteiger partial charge in [0.1, 0.15) is 6.04 Å². The van der Waals surface area contributed by atoms with Crippen molar-refractivity contribution in [3.8, 4) is 0 Å². The second kappa shape index (κ2) is 11.2. The molecule has 176 valence electrons. The van der Waals surface area contributed by atoms with Crippen molar-refractivity contribution in [1.29, 1.82) is 0 Å². The lowest BCUT2D eigenvalue weighted by Gasteiger charge is -2.23. The van der Waals surface area contributed by atoms with Gasteiger partial charge in [-0.25, -0.2) is 0 Å². The maximum atomic E-state index is 12.3. The monoisotopic (exact) mass is 461 g/mol. The Kier molecular flexibility index (Phi) is 8.08. The lowest BCUT2D eigenvalue weighted by molar-refractivity contribution is -0.136. The molecule has 2 atom stereocenters. The number of carboxylic acid groups (broad SMARTS) is 1. The molecule has 1 aromatic heterocycles. The van der Waals surface area contributed by atoms with Gasteiger partial charge in [-0.05, 0) is 53.8 Å². The van der Waals surface area contributed by atoms with E-state index >= 15 is 0 Å². The number of aryl methyl sites for hydroxylation is 2. The number of aliphatic carboxylic acids is 1. The van der Waals surface area contributed by atoms with Gasteiger partial charge in [0.15, 0.2) is 0 Å². The van der Waals surface area contributed by atoms with Gasteiger partial charge in [-0.15, -0.1) is 0 Å². The van der Waals surface area contributed by atoms with Gasteiger partial charge >= 0.3 is 5.97 Å². The minimum absolute atomic E-state index is 0.0496. The summed E-state index contributed by atoms with van der Waals surface area (Å²) in [5.74, 6) is -1.50. The Labute approximate surface area is 197 Å². The van der Waals surface area contributed by atoms with Gasteiger partial charge in [-0.2, -0.15) is 4.91 Å². The summed E-state index contributed by atoms with van der Waals surface area (Å²) in [7, 11) is 1.63. The van der Waals surface area contributed by atoms with Gasteiger partial charge < -0.3 is 15.0 Å². The zero-order valence-corrected chi connectivity index (χ0v) is 19.1. The molecule has 3 aromatic rings. The number of nitrogens with zero attached hydrogens (tertiary/aromatic N) is 2. The second-order valence-corrected chi connectivity index (χ2v) is 8.20. The minimum atomic E-state index is -0.978. The van der Waals surface area contributed by atoms with Crippen molar-refractivity contribution in [2.45, 2.75) is 31.7 Å². The molecule has 0 spiro atoms. The van der Waals surface area contributed by atoms with Crippen molar-refractivity contribution in [1.82, 2.24) is 9.88 Å². The highest BCUT2D eigenvalue weighted by Crippen LogP contribution is 2.37. The Hall–Kier alpha value is -4.07. The van der Waals surface area contributed by atoms with Crippen LogP contribution >= 0.6 is 0 Å². The number of hydrogen-bond acceptors (Lipinski definition) is 5. The average Bonchev–Trinajstić information content (AvgIpc) is 2.82. The highest BCUT2D eigenvalue weighted by molar-refractivity contribution is 5.94. The van der Waals surface area contributed by atoms with Gasteiger partial charge in [-0.3, -0.25) is 14.4 Å². The molecular weight excluding hydrogens is 434 g/mol. The summed E-state index contributed by atoms with van der Waals surface area (Å²) in [6.45, 7) is 2.05. The molecule has 2 aromatic carbocycles. The number of amides is 1. The fraction of sp³-hybridized carbons (Fsp3) is 0.269. The van der Waals surface area contributed by atoms with Crippen molar-refractivity contribution in [3.63, 3.8) is 0 Å². The number of carbonyl (C=O) groups excluding carboxylic acids is 1. The molecule has 8 nitrogen and oxygen atoms in total. The lowest BCUT2D eigenvalue weighted by Crippen LogP contribution is -2.26. The summed E-state index contributed by atoms with van der Waals surface area (Å²) in [5, 5.41) is 14.7. The Morgan fingerprint density at radius 1 is 1.03 bits per heavy atom. The Morgan fingerprint density at radius 2 is 1.71 bits per heavy atom. The number of pyridine rings is 1. The van der Waals surface area contributed by atoms with Crippen LogP contribution in [0.2, 0.25) is 0 Å². The first-order valence-corrected chi connectivity index (χ1v) is 10.9. The molecule has 0 bridgehead atoms. The summed E-state index contributed by atoms with van der Waals surface area (Å²) in [6.07, 6.45) is 1.87. The fourth-order valence-corrected chi connectivity index (χ4v) is 3.95. The van der Waals surface area contributed by atoms with Gasteiger partial charge in [-0.1, -0.05) is 41.6 Å². The van der Waals surface area contributed by atoms with Gasteiger partial charge in [0.05, 0.1) is 6.42 Å². The first kappa shape index (κ1) is 24.6. The third-order valence-electron chi connectivity index (χ3n) is 5.84. The molecule has 0 saturated carbocycles. The number of nitroso groups, excluding NO2 is 1. The van der Waals surface area contributed by atoms with Crippen LogP contribution in [0.5, 0.6) is 0 Å². The smallest absolute Gasteiger partial charge is 0.305 e. The van der Waals surface area contributed by atoms with Crippen LogP contribution in [-0.2, 0) is 11.8 Å². The van der Waals surface area contributed by atoms with Crippen molar-refractivity contribution >= 4 is 11.9 Å². The van der Waals surface area contributed by atoms with Crippen LogP contribution in [0.25, 0.3) is 0 Å². The first-order valence-electron chi connectivity index (χ1n) is 10.9. The molecule has 8 heteroatoms. The molecule has 1 heterocycles.